The molecule has 2 aromatic carbocycles. The van der Waals surface area contributed by atoms with E-state index in [4.69, 9.17) is 29.9 Å². The molecule has 2 fully saturated rings. The number of hydrogen-bond donors (Lipinski definition) is 2. The van der Waals surface area contributed by atoms with E-state index in [2.05, 4.69) is 40.3 Å². The summed E-state index contributed by atoms with van der Waals surface area (Å²) in [6.45, 7) is 21.3. The van der Waals surface area contributed by atoms with Gasteiger partial charge in [-0.15, -0.1) is 0 Å². The summed E-state index contributed by atoms with van der Waals surface area (Å²) < 4.78 is 41.0. The number of ether oxygens (including phenoxy) is 3. The van der Waals surface area contributed by atoms with E-state index in [1.807, 2.05) is 25.1 Å². The van der Waals surface area contributed by atoms with Gasteiger partial charge in [-0.3, -0.25) is 14.3 Å². The first-order valence-electron chi connectivity index (χ1n) is 17.8. The molecule has 14 heteroatoms. The second kappa shape index (κ2) is 15.7. The fourth-order valence-corrected chi connectivity index (χ4v) is 8.09. The molecule has 1 aliphatic carbocycles. The number of aryl methyl sites for hydroxylation is 1. The number of carbonyl (C=O) groups excluding carboxylic acids is 2. The molecule has 0 amide bonds. The van der Waals surface area contributed by atoms with Crippen LogP contribution in [-0.4, -0.2) is 62.6 Å². The number of H-pyrrole nitrogens is 1. The van der Waals surface area contributed by atoms with Crippen molar-refractivity contribution in [3.63, 3.8) is 0 Å². The van der Waals surface area contributed by atoms with Gasteiger partial charge in [0.05, 0.1) is 24.6 Å². The van der Waals surface area contributed by atoms with E-state index in [0.717, 1.165) is 50.0 Å². The highest BCUT2D eigenvalue weighted by atomic mass is 32.2. The number of aromatic nitrogens is 3. The van der Waals surface area contributed by atoms with Gasteiger partial charge in [0.15, 0.2) is 29.1 Å². The lowest BCUT2D eigenvalue weighted by Crippen LogP contribution is -2.37. The SMILES string of the molecule is [C-]#[N+]c1cn2[nH]c(-c3ccc(N4CCCC4)c(NS(=O)Oc4cc(C)ccc4OC(C)C(=O)OCC)c3)nc2c1C(=O)OC1C(C)CC(C)CC1C. The van der Waals surface area contributed by atoms with E-state index in [0.29, 0.717) is 28.6 Å². The molecule has 13 nitrogen and oxygen atoms in total. The number of esters is 2. The monoisotopic (exact) mass is 730 g/mol. The Morgan fingerprint density at radius 3 is 2.52 bits per heavy atom. The number of aromatic amines is 1. The number of nitrogens with zero attached hydrogens (tertiary/aromatic N) is 4. The van der Waals surface area contributed by atoms with Crippen molar-refractivity contribution in [1.82, 2.24) is 14.6 Å². The number of anilines is 2. The van der Waals surface area contributed by atoms with Crippen LogP contribution in [0.1, 0.15) is 76.2 Å². The van der Waals surface area contributed by atoms with E-state index in [1.54, 1.807) is 42.8 Å². The maximum atomic E-state index is 13.6. The number of carbonyl (C=O) groups is 2. The van der Waals surface area contributed by atoms with Crippen molar-refractivity contribution < 1.29 is 32.2 Å². The molecule has 2 aromatic heterocycles. The first kappa shape index (κ1) is 36.8. The molecule has 1 saturated heterocycles. The summed E-state index contributed by atoms with van der Waals surface area (Å²) >= 11 is -2.08. The summed E-state index contributed by atoms with van der Waals surface area (Å²) in [5.74, 6) is 0.793. The zero-order valence-corrected chi connectivity index (χ0v) is 31.2. The summed E-state index contributed by atoms with van der Waals surface area (Å²) in [5.41, 5.74) is 3.48. The third-order valence-corrected chi connectivity index (χ3v) is 10.5. The van der Waals surface area contributed by atoms with Gasteiger partial charge in [-0.1, -0.05) is 26.8 Å². The molecule has 4 aromatic rings. The van der Waals surface area contributed by atoms with Gasteiger partial charge in [0.1, 0.15) is 11.7 Å². The molecule has 4 unspecified atom stereocenters. The Hall–Kier alpha value is -5.03. The van der Waals surface area contributed by atoms with Crippen molar-refractivity contribution in [2.24, 2.45) is 17.8 Å². The van der Waals surface area contributed by atoms with Crippen LogP contribution in [0.4, 0.5) is 17.1 Å². The van der Waals surface area contributed by atoms with Crippen molar-refractivity contribution in [1.29, 1.82) is 0 Å². The third kappa shape index (κ3) is 7.89. The van der Waals surface area contributed by atoms with Crippen molar-refractivity contribution >= 4 is 45.9 Å². The lowest BCUT2D eigenvalue weighted by molar-refractivity contribution is -0.150. The third-order valence-electron chi connectivity index (χ3n) is 9.74. The summed E-state index contributed by atoms with van der Waals surface area (Å²) in [4.78, 5) is 36.5. The number of nitrogens with one attached hydrogen (secondary N) is 2. The van der Waals surface area contributed by atoms with Crippen molar-refractivity contribution in [3.8, 4) is 22.9 Å². The summed E-state index contributed by atoms with van der Waals surface area (Å²) in [7, 11) is 0. The molecule has 0 bridgehead atoms. The van der Waals surface area contributed by atoms with Crippen molar-refractivity contribution in [2.75, 3.05) is 29.3 Å². The Balaban J connectivity index is 1.27. The van der Waals surface area contributed by atoms with Crippen molar-refractivity contribution in [2.45, 2.75) is 79.4 Å². The van der Waals surface area contributed by atoms with Crippen LogP contribution in [0.3, 0.4) is 0 Å². The number of benzene rings is 2. The molecule has 4 atom stereocenters. The fraction of sp³-hybridized carbons (Fsp3) is 0.474. The second-order valence-corrected chi connectivity index (χ2v) is 14.8. The molecule has 1 saturated carbocycles. The topological polar surface area (TPSA) is 141 Å². The van der Waals surface area contributed by atoms with E-state index in [-0.39, 0.29) is 47.3 Å². The first-order valence-corrected chi connectivity index (χ1v) is 18.9. The van der Waals surface area contributed by atoms with Gasteiger partial charge in [-0.2, -0.15) is 4.21 Å². The molecule has 52 heavy (non-hydrogen) atoms. The van der Waals surface area contributed by atoms with Crippen molar-refractivity contribution in [3.05, 3.63) is 65.1 Å². The smallest absolute Gasteiger partial charge is 0.347 e. The molecule has 276 valence electrons. The average Bonchev–Trinajstić information content (AvgIpc) is 3.85. The van der Waals surface area contributed by atoms with E-state index in [1.165, 1.54) is 0 Å². The van der Waals surface area contributed by atoms with Crippen LogP contribution >= 0.6 is 0 Å². The van der Waals surface area contributed by atoms with Gasteiger partial charge in [0.25, 0.3) is 0 Å². The Morgan fingerprint density at radius 2 is 1.83 bits per heavy atom. The molecule has 6 rings (SSSR count). The lowest BCUT2D eigenvalue weighted by atomic mass is 9.75. The van der Waals surface area contributed by atoms with E-state index in [9.17, 15) is 13.8 Å². The van der Waals surface area contributed by atoms with Crippen LogP contribution in [0.15, 0.2) is 42.6 Å². The Morgan fingerprint density at radius 1 is 1.10 bits per heavy atom. The maximum Gasteiger partial charge on any atom is 0.347 e. The molecular formula is C38H46N6O7S. The molecule has 1 aliphatic heterocycles. The highest BCUT2D eigenvalue weighted by molar-refractivity contribution is 7.82. The number of fused-ring (bicyclic) bond motifs is 1. The summed E-state index contributed by atoms with van der Waals surface area (Å²) in [5, 5.41) is 3.20. The lowest BCUT2D eigenvalue weighted by Gasteiger charge is -2.37. The minimum absolute atomic E-state index is 0.130. The first-order chi connectivity index (χ1) is 24.9. The van der Waals surface area contributed by atoms with Gasteiger partial charge in [-0.25, -0.2) is 19.4 Å². The normalized spacial score (nSPS) is 21.3. The molecular weight excluding hydrogens is 685 g/mol. The van der Waals surface area contributed by atoms with E-state index < -0.39 is 29.3 Å². The standard InChI is InChI=1S/C38H46N6O7S/c1-8-48-37(45)26(6)49-31-14-11-22(2)19-32(31)51-52(47)42-28-20-27(12-13-30(28)43-15-9-10-16-43)35-40-36-33(29(39-7)21-44(36)41-35)38(46)50-34-24(4)17-23(3)18-25(34)5/h11-14,19-21,23-26,34,42H,8-10,15-18H2,1-6H3,(H,40,41). The minimum Gasteiger partial charge on any atom is -0.475 e. The Labute approximate surface area is 306 Å². The van der Waals surface area contributed by atoms with Crippen LogP contribution < -0.4 is 18.5 Å². The zero-order chi connectivity index (χ0) is 37.1. The van der Waals surface area contributed by atoms with Crippen LogP contribution in [-0.2, 0) is 25.5 Å². The zero-order valence-electron chi connectivity index (χ0n) is 30.4. The molecule has 0 radical (unpaired) electrons. The van der Waals surface area contributed by atoms with Gasteiger partial charge in [0.2, 0.25) is 5.69 Å². The number of hydrogen-bond acceptors (Lipinski definition) is 9. The second-order valence-electron chi connectivity index (χ2n) is 14.0. The van der Waals surface area contributed by atoms with E-state index >= 15 is 0 Å². The van der Waals surface area contributed by atoms with Crippen LogP contribution in [0, 0.1) is 31.2 Å². The molecule has 2 N–H and O–H groups in total. The van der Waals surface area contributed by atoms with Gasteiger partial charge < -0.3 is 23.3 Å². The molecule has 3 heterocycles. The average molecular weight is 731 g/mol. The molecule has 2 aliphatic rings. The van der Waals surface area contributed by atoms with Gasteiger partial charge in [0, 0.05) is 24.8 Å². The van der Waals surface area contributed by atoms with Crippen LogP contribution in [0.25, 0.3) is 21.9 Å². The van der Waals surface area contributed by atoms with Gasteiger partial charge >= 0.3 is 23.2 Å². The molecule has 0 spiro atoms. The quantitative estimate of drug-likeness (QED) is 0.113. The van der Waals surface area contributed by atoms with Gasteiger partial charge in [-0.05, 0) is 100 Å². The Bertz CT molecular complexity index is 2000. The maximum absolute atomic E-state index is 13.6. The minimum atomic E-state index is -2.08. The van der Waals surface area contributed by atoms with Crippen LogP contribution in [0.5, 0.6) is 11.5 Å². The highest BCUT2D eigenvalue weighted by Gasteiger charge is 2.36. The predicted molar refractivity (Wildman–Crippen MR) is 199 cm³/mol. The fourth-order valence-electron chi connectivity index (χ4n) is 7.41. The predicted octanol–water partition coefficient (Wildman–Crippen LogP) is 7.42. The summed E-state index contributed by atoms with van der Waals surface area (Å²) in [6, 6.07) is 10.8. The Kier molecular flexibility index (Phi) is 11.1. The highest BCUT2D eigenvalue weighted by Crippen LogP contribution is 2.38. The largest absolute Gasteiger partial charge is 0.475 e. The summed E-state index contributed by atoms with van der Waals surface area (Å²) in [6.07, 6.45) is 4.43. The number of rotatable bonds is 12. The van der Waals surface area contributed by atoms with Crippen LogP contribution in [0.2, 0.25) is 0 Å².